The molecule has 0 unspecified atom stereocenters. The Morgan fingerprint density at radius 2 is 1.89 bits per heavy atom. The highest BCUT2D eigenvalue weighted by molar-refractivity contribution is 5.47. The van der Waals surface area contributed by atoms with Gasteiger partial charge in [0.05, 0.1) is 36.8 Å². The summed E-state index contributed by atoms with van der Waals surface area (Å²) in [5.74, 6) is 1.56. The van der Waals surface area contributed by atoms with Gasteiger partial charge < -0.3 is 15.2 Å². The van der Waals surface area contributed by atoms with Crippen molar-refractivity contribution in [3.05, 3.63) is 42.2 Å². The van der Waals surface area contributed by atoms with Gasteiger partial charge >= 0.3 is 0 Å². The Morgan fingerprint density at radius 3 is 2.56 bits per heavy atom. The molecule has 0 amide bonds. The van der Waals surface area contributed by atoms with Crippen molar-refractivity contribution in [1.29, 1.82) is 5.26 Å². The summed E-state index contributed by atoms with van der Waals surface area (Å²) >= 11 is 0. The van der Waals surface area contributed by atoms with Crippen molar-refractivity contribution in [2.45, 2.75) is 0 Å². The second kappa shape index (κ2) is 5.06. The molecule has 0 saturated heterocycles. The van der Waals surface area contributed by atoms with Crippen LogP contribution in [0.4, 0.5) is 5.69 Å². The Labute approximate surface area is 104 Å². The lowest BCUT2D eigenvalue weighted by Crippen LogP contribution is -1.91. The van der Waals surface area contributed by atoms with Gasteiger partial charge in [-0.1, -0.05) is 0 Å². The molecule has 1 aromatic carbocycles. The van der Waals surface area contributed by atoms with E-state index in [1.54, 1.807) is 30.5 Å². The van der Waals surface area contributed by atoms with E-state index >= 15 is 0 Å². The van der Waals surface area contributed by atoms with Crippen molar-refractivity contribution in [3.63, 3.8) is 0 Å². The van der Waals surface area contributed by atoms with E-state index in [4.69, 9.17) is 20.5 Å². The molecule has 0 aliphatic carbocycles. The first-order valence-electron chi connectivity index (χ1n) is 5.19. The van der Waals surface area contributed by atoms with Gasteiger partial charge in [0, 0.05) is 12.1 Å². The van der Waals surface area contributed by atoms with E-state index < -0.39 is 0 Å². The van der Waals surface area contributed by atoms with E-state index in [0.717, 1.165) is 0 Å². The van der Waals surface area contributed by atoms with Crippen LogP contribution in [0.3, 0.4) is 0 Å². The van der Waals surface area contributed by atoms with Crippen LogP contribution in [0.25, 0.3) is 0 Å². The van der Waals surface area contributed by atoms with Crippen LogP contribution in [-0.2, 0) is 0 Å². The van der Waals surface area contributed by atoms with Crippen LogP contribution in [0, 0.1) is 11.3 Å². The standard InChI is InChI=1S/C13H11N3O2/c1-17-11-2-9(6-14)3-12(5-11)18-13-4-10(15)7-16-8-13/h2-5,7-8H,15H2,1H3. The van der Waals surface area contributed by atoms with Crippen LogP contribution in [0.15, 0.2) is 36.7 Å². The summed E-state index contributed by atoms with van der Waals surface area (Å²) < 4.78 is 10.7. The van der Waals surface area contributed by atoms with Gasteiger partial charge in [-0.25, -0.2) is 0 Å². The van der Waals surface area contributed by atoms with Crippen LogP contribution >= 0.6 is 0 Å². The highest BCUT2D eigenvalue weighted by Crippen LogP contribution is 2.27. The number of methoxy groups -OCH3 is 1. The zero-order chi connectivity index (χ0) is 13.0. The van der Waals surface area contributed by atoms with E-state index in [-0.39, 0.29) is 0 Å². The predicted molar refractivity (Wildman–Crippen MR) is 66.4 cm³/mol. The van der Waals surface area contributed by atoms with Crippen molar-refractivity contribution >= 4 is 5.69 Å². The van der Waals surface area contributed by atoms with Gasteiger partial charge in [-0.2, -0.15) is 5.26 Å². The maximum Gasteiger partial charge on any atom is 0.147 e. The quantitative estimate of drug-likeness (QED) is 0.891. The third-order valence-electron chi connectivity index (χ3n) is 2.21. The Morgan fingerprint density at radius 1 is 1.11 bits per heavy atom. The van der Waals surface area contributed by atoms with Crippen LogP contribution in [0.1, 0.15) is 5.56 Å². The maximum atomic E-state index is 8.90. The fourth-order valence-electron chi connectivity index (χ4n) is 1.44. The number of nitrogens with two attached hydrogens (primary N) is 1. The molecule has 2 rings (SSSR count). The predicted octanol–water partition coefficient (Wildman–Crippen LogP) is 2.34. The van der Waals surface area contributed by atoms with Crippen LogP contribution in [0.2, 0.25) is 0 Å². The molecule has 0 saturated carbocycles. The zero-order valence-electron chi connectivity index (χ0n) is 9.75. The average Bonchev–Trinajstić information content (AvgIpc) is 2.38. The lowest BCUT2D eigenvalue weighted by Gasteiger charge is -2.08. The molecule has 1 heterocycles. The molecule has 0 bridgehead atoms. The number of hydrogen-bond acceptors (Lipinski definition) is 5. The summed E-state index contributed by atoms with van der Waals surface area (Å²) in [7, 11) is 1.53. The summed E-state index contributed by atoms with van der Waals surface area (Å²) in [4.78, 5) is 3.92. The lowest BCUT2D eigenvalue weighted by atomic mass is 10.2. The molecule has 90 valence electrons. The van der Waals surface area contributed by atoms with Gasteiger partial charge in [-0.15, -0.1) is 0 Å². The second-order valence-corrected chi connectivity index (χ2v) is 3.57. The minimum Gasteiger partial charge on any atom is -0.497 e. The van der Waals surface area contributed by atoms with Crippen molar-refractivity contribution in [2.75, 3.05) is 12.8 Å². The van der Waals surface area contributed by atoms with Gasteiger partial charge in [0.25, 0.3) is 0 Å². The number of aromatic nitrogens is 1. The molecular weight excluding hydrogens is 230 g/mol. The lowest BCUT2D eigenvalue weighted by molar-refractivity contribution is 0.408. The van der Waals surface area contributed by atoms with Crippen molar-refractivity contribution in [2.24, 2.45) is 0 Å². The molecule has 0 aliphatic heterocycles. The Balaban J connectivity index is 2.31. The first-order chi connectivity index (χ1) is 8.71. The number of anilines is 1. The molecule has 0 fully saturated rings. The first-order valence-corrected chi connectivity index (χ1v) is 5.19. The molecular formula is C13H11N3O2. The fourth-order valence-corrected chi connectivity index (χ4v) is 1.44. The summed E-state index contributed by atoms with van der Waals surface area (Å²) in [6.45, 7) is 0. The van der Waals surface area contributed by atoms with Gasteiger partial charge in [0.1, 0.15) is 17.2 Å². The number of benzene rings is 1. The Kier molecular flexibility index (Phi) is 3.30. The molecule has 5 heteroatoms. The zero-order valence-corrected chi connectivity index (χ0v) is 9.75. The van der Waals surface area contributed by atoms with Gasteiger partial charge in [0.2, 0.25) is 0 Å². The smallest absolute Gasteiger partial charge is 0.147 e. The van der Waals surface area contributed by atoms with Gasteiger partial charge in [-0.3, -0.25) is 4.98 Å². The number of hydrogen-bond donors (Lipinski definition) is 1. The number of nitrogen functional groups attached to an aromatic ring is 1. The third-order valence-corrected chi connectivity index (χ3v) is 2.21. The molecule has 0 atom stereocenters. The number of pyridine rings is 1. The van der Waals surface area contributed by atoms with Crippen LogP contribution in [-0.4, -0.2) is 12.1 Å². The van der Waals surface area contributed by atoms with Gasteiger partial charge in [-0.05, 0) is 12.1 Å². The minimum atomic E-state index is 0.459. The van der Waals surface area contributed by atoms with E-state index in [0.29, 0.717) is 28.5 Å². The van der Waals surface area contributed by atoms with Crippen LogP contribution in [0.5, 0.6) is 17.2 Å². The molecule has 2 N–H and O–H groups in total. The SMILES string of the molecule is COc1cc(C#N)cc(Oc2cncc(N)c2)c1. The van der Waals surface area contributed by atoms with Crippen LogP contribution < -0.4 is 15.2 Å². The summed E-state index contributed by atoms with van der Waals surface area (Å²) in [5, 5.41) is 8.90. The minimum absolute atomic E-state index is 0.459. The normalized spacial score (nSPS) is 9.56. The number of nitriles is 1. The van der Waals surface area contributed by atoms with Crippen molar-refractivity contribution in [1.82, 2.24) is 4.98 Å². The van der Waals surface area contributed by atoms with E-state index in [2.05, 4.69) is 4.98 Å². The summed E-state index contributed by atoms with van der Waals surface area (Å²) in [6.07, 6.45) is 3.07. The second-order valence-electron chi connectivity index (χ2n) is 3.57. The molecule has 0 spiro atoms. The summed E-state index contributed by atoms with van der Waals surface area (Å²) in [6, 6.07) is 8.62. The Hall–Kier alpha value is -2.74. The Bertz CT molecular complexity index is 605. The van der Waals surface area contributed by atoms with E-state index in [1.807, 2.05) is 6.07 Å². The highest BCUT2D eigenvalue weighted by atomic mass is 16.5. The molecule has 2 aromatic rings. The monoisotopic (exact) mass is 241 g/mol. The fraction of sp³-hybridized carbons (Fsp3) is 0.0769. The maximum absolute atomic E-state index is 8.90. The third kappa shape index (κ3) is 2.68. The molecule has 0 radical (unpaired) electrons. The number of ether oxygens (including phenoxy) is 2. The van der Waals surface area contributed by atoms with Crippen molar-refractivity contribution < 1.29 is 9.47 Å². The van der Waals surface area contributed by atoms with Crippen molar-refractivity contribution in [3.8, 4) is 23.3 Å². The molecule has 18 heavy (non-hydrogen) atoms. The van der Waals surface area contributed by atoms with E-state index in [1.165, 1.54) is 13.3 Å². The number of nitrogens with zero attached hydrogens (tertiary/aromatic N) is 2. The molecule has 0 aliphatic rings. The largest absolute Gasteiger partial charge is 0.497 e. The molecule has 1 aromatic heterocycles. The van der Waals surface area contributed by atoms with E-state index in [9.17, 15) is 0 Å². The highest BCUT2D eigenvalue weighted by Gasteiger charge is 2.04. The number of rotatable bonds is 3. The molecule has 5 nitrogen and oxygen atoms in total. The average molecular weight is 241 g/mol. The summed E-state index contributed by atoms with van der Waals surface area (Å²) in [5.41, 5.74) is 6.57. The van der Waals surface area contributed by atoms with Gasteiger partial charge in [0.15, 0.2) is 0 Å². The first kappa shape index (κ1) is 11.7. The topological polar surface area (TPSA) is 81.2 Å².